The Morgan fingerprint density at radius 3 is 3.24 bits per heavy atom. The van der Waals surface area contributed by atoms with E-state index >= 15 is 0 Å². The molecule has 0 amide bonds. The second kappa shape index (κ2) is 4.13. The minimum Gasteiger partial charge on any atom is -0.312 e. The fraction of sp³-hybridized carbons (Fsp3) is 0.364. The van der Waals surface area contributed by atoms with Gasteiger partial charge in [0, 0.05) is 37.6 Å². The van der Waals surface area contributed by atoms with Gasteiger partial charge in [0.2, 0.25) is 0 Å². The van der Waals surface area contributed by atoms with E-state index in [0.717, 1.165) is 31.0 Å². The number of amidine groups is 1. The van der Waals surface area contributed by atoms with Crippen molar-refractivity contribution in [1.29, 1.82) is 5.26 Å². The van der Waals surface area contributed by atoms with E-state index in [0.29, 0.717) is 5.56 Å². The summed E-state index contributed by atoms with van der Waals surface area (Å²) in [6.45, 7) is 2.73. The molecule has 0 aliphatic carbocycles. The molecular formula is C11H12N6. The highest BCUT2D eigenvalue weighted by molar-refractivity contribution is 5.99. The van der Waals surface area contributed by atoms with E-state index in [1.165, 1.54) is 0 Å². The average Bonchev–Trinajstić information content (AvgIpc) is 2.82. The Morgan fingerprint density at radius 2 is 2.41 bits per heavy atom. The maximum Gasteiger partial charge on any atom is 0.146 e. The summed E-state index contributed by atoms with van der Waals surface area (Å²) in [4.78, 5) is 8.62. The summed E-state index contributed by atoms with van der Waals surface area (Å²) >= 11 is 0. The van der Waals surface area contributed by atoms with Gasteiger partial charge in [-0.15, -0.1) is 0 Å². The van der Waals surface area contributed by atoms with Crippen molar-refractivity contribution in [3.05, 3.63) is 29.6 Å². The summed E-state index contributed by atoms with van der Waals surface area (Å²) in [5.41, 5.74) is 4.67. The molecule has 3 rings (SSSR count). The highest BCUT2D eigenvalue weighted by Gasteiger charge is 2.28. The lowest BCUT2D eigenvalue weighted by Crippen LogP contribution is -2.52. The lowest BCUT2D eigenvalue weighted by atomic mass is 10.2. The van der Waals surface area contributed by atoms with Crippen LogP contribution >= 0.6 is 0 Å². The maximum absolute atomic E-state index is 8.84. The van der Waals surface area contributed by atoms with Crippen molar-refractivity contribution in [2.45, 2.75) is 6.17 Å². The summed E-state index contributed by atoms with van der Waals surface area (Å²) in [6.07, 6.45) is 3.41. The van der Waals surface area contributed by atoms with Crippen LogP contribution in [-0.4, -0.2) is 41.6 Å². The monoisotopic (exact) mass is 228 g/mol. The second-order valence-corrected chi connectivity index (χ2v) is 4.04. The molecule has 1 aromatic rings. The summed E-state index contributed by atoms with van der Waals surface area (Å²) in [6, 6.07) is 3.88. The summed E-state index contributed by atoms with van der Waals surface area (Å²) in [5, 5.41) is 14.2. The number of aliphatic imine (C=N–C) groups is 1. The number of nitrogens with one attached hydrogen (secondary N) is 2. The molecule has 3 heterocycles. The summed E-state index contributed by atoms with van der Waals surface area (Å²) in [7, 11) is 0. The average molecular weight is 228 g/mol. The molecule has 2 aliphatic rings. The largest absolute Gasteiger partial charge is 0.312 e. The Bertz CT molecular complexity index is 503. The van der Waals surface area contributed by atoms with Crippen LogP contribution in [0.5, 0.6) is 0 Å². The van der Waals surface area contributed by atoms with Crippen LogP contribution in [0.15, 0.2) is 23.5 Å². The molecule has 1 saturated heterocycles. The molecule has 0 radical (unpaired) electrons. The van der Waals surface area contributed by atoms with Crippen LogP contribution in [0.3, 0.4) is 0 Å². The second-order valence-electron chi connectivity index (χ2n) is 4.04. The SMILES string of the molecule is N#Cc1cncc(C2=NC3CNCCN3N2)c1. The van der Waals surface area contributed by atoms with E-state index in [1.54, 1.807) is 18.5 Å². The Morgan fingerprint density at radius 1 is 1.47 bits per heavy atom. The molecule has 0 aromatic carbocycles. The zero-order valence-electron chi connectivity index (χ0n) is 9.22. The lowest BCUT2D eigenvalue weighted by molar-refractivity contribution is 0.157. The smallest absolute Gasteiger partial charge is 0.146 e. The van der Waals surface area contributed by atoms with E-state index in [4.69, 9.17) is 5.26 Å². The molecule has 2 N–H and O–H groups in total. The molecule has 0 saturated carbocycles. The minimum absolute atomic E-state index is 0.143. The van der Waals surface area contributed by atoms with E-state index in [1.807, 2.05) is 0 Å². The summed E-state index contributed by atoms with van der Waals surface area (Å²) < 4.78 is 0. The third-order valence-electron chi connectivity index (χ3n) is 2.88. The first-order valence-electron chi connectivity index (χ1n) is 5.54. The number of nitrogens with zero attached hydrogens (tertiary/aromatic N) is 4. The number of hydrogen-bond donors (Lipinski definition) is 2. The Labute approximate surface area is 98.9 Å². The number of piperazine rings is 1. The molecule has 0 spiro atoms. The van der Waals surface area contributed by atoms with Crippen LogP contribution in [0.4, 0.5) is 0 Å². The molecule has 0 bridgehead atoms. The van der Waals surface area contributed by atoms with E-state index in [2.05, 4.69) is 31.8 Å². The third-order valence-corrected chi connectivity index (χ3v) is 2.88. The van der Waals surface area contributed by atoms with Crippen LogP contribution in [0.25, 0.3) is 0 Å². The van der Waals surface area contributed by atoms with Crippen molar-refractivity contribution in [2.75, 3.05) is 19.6 Å². The van der Waals surface area contributed by atoms with Crippen LogP contribution in [0.2, 0.25) is 0 Å². The van der Waals surface area contributed by atoms with Crippen LogP contribution in [-0.2, 0) is 0 Å². The van der Waals surface area contributed by atoms with Crippen molar-refractivity contribution in [3.8, 4) is 6.07 Å². The van der Waals surface area contributed by atoms with Gasteiger partial charge >= 0.3 is 0 Å². The normalized spacial score (nSPS) is 23.5. The van der Waals surface area contributed by atoms with Gasteiger partial charge in [-0.3, -0.25) is 4.98 Å². The van der Waals surface area contributed by atoms with Crippen LogP contribution < -0.4 is 10.7 Å². The fourth-order valence-corrected chi connectivity index (χ4v) is 2.02. The zero-order chi connectivity index (χ0) is 11.7. The molecule has 86 valence electrons. The number of aromatic nitrogens is 1. The van der Waals surface area contributed by atoms with E-state index in [9.17, 15) is 0 Å². The maximum atomic E-state index is 8.84. The predicted octanol–water partition coefficient (Wildman–Crippen LogP) is -0.551. The standard InChI is InChI=1S/C11H12N6/c12-4-8-3-9(6-14-5-8)11-15-10-7-13-1-2-17(10)16-11/h3,5-6,10,13H,1-2,7H2,(H,15,16). The van der Waals surface area contributed by atoms with Crippen molar-refractivity contribution < 1.29 is 0 Å². The lowest BCUT2D eigenvalue weighted by Gasteiger charge is -2.27. The minimum atomic E-state index is 0.143. The number of rotatable bonds is 1. The topological polar surface area (TPSA) is 76.3 Å². The first-order chi connectivity index (χ1) is 8.36. The summed E-state index contributed by atoms with van der Waals surface area (Å²) in [5.74, 6) is 0.795. The van der Waals surface area contributed by atoms with Gasteiger partial charge in [0.25, 0.3) is 0 Å². The Hall–Kier alpha value is -1.97. The fourth-order valence-electron chi connectivity index (χ4n) is 2.02. The molecule has 6 nitrogen and oxygen atoms in total. The number of nitriles is 1. The van der Waals surface area contributed by atoms with Crippen LogP contribution in [0.1, 0.15) is 11.1 Å². The molecule has 1 atom stereocenters. The van der Waals surface area contributed by atoms with Gasteiger partial charge in [-0.25, -0.2) is 4.99 Å². The zero-order valence-corrected chi connectivity index (χ0v) is 9.22. The molecule has 1 aromatic heterocycles. The first kappa shape index (κ1) is 10.2. The number of pyridine rings is 1. The van der Waals surface area contributed by atoms with E-state index in [-0.39, 0.29) is 6.17 Å². The molecular weight excluding hydrogens is 216 g/mol. The molecule has 6 heteroatoms. The van der Waals surface area contributed by atoms with Gasteiger partial charge in [0.15, 0.2) is 0 Å². The first-order valence-corrected chi connectivity index (χ1v) is 5.54. The van der Waals surface area contributed by atoms with Gasteiger partial charge in [-0.2, -0.15) is 10.3 Å². The van der Waals surface area contributed by atoms with Crippen molar-refractivity contribution in [1.82, 2.24) is 20.7 Å². The third kappa shape index (κ3) is 1.86. The van der Waals surface area contributed by atoms with Gasteiger partial charge in [-0.1, -0.05) is 0 Å². The quantitative estimate of drug-likeness (QED) is 0.674. The molecule has 17 heavy (non-hydrogen) atoms. The molecule has 1 unspecified atom stereocenters. The van der Waals surface area contributed by atoms with Crippen molar-refractivity contribution in [3.63, 3.8) is 0 Å². The van der Waals surface area contributed by atoms with Gasteiger partial charge in [-0.05, 0) is 6.07 Å². The van der Waals surface area contributed by atoms with Gasteiger partial charge < -0.3 is 10.7 Å². The van der Waals surface area contributed by atoms with Crippen molar-refractivity contribution >= 4 is 5.84 Å². The highest BCUT2D eigenvalue weighted by Crippen LogP contribution is 2.12. The number of hydrogen-bond acceptors (Lipinski definition) is 6. The highest BCUT2D eigenvalue weighted by atomic mass is 15.6. The van der Waals surface area contributed by atoms with Gasteiger partial charge in [0.05, 0.1) is 5.56 Å². The van der Waals surface area contributed by atoms with E-state index < -0.39 is 0 Å². The Balaban J connectivity index is 1.87. The Kier molecular flexibility index (Phi) is 2.48. The van der Waals surface area contributed by atoms with Gasteiger partial charge in [0.1, 0.15) is 18.1 Å². The number of fused-ring (bicyclic) bond motifs is 1. The van der Waals surface area contributed by atoms with Crippen molar-refractivity contribution in [2.24, 2.45) is 4.99 Å². The van der Waals surface area contributed by atoms with Crippen LogP contribution in [0, 0.1) is 11.3 Å². The molecule has 1 fully saturated rings. The predicted molar refractivity (Wildman–Crippen MR) is 62.0 cm³/mol. The molecule has 2 aliphatic heterocycles. The number of hydrazine groups is 1.